The Balaban J connectivity index is 2.24. The van der Waals surface area contributed by atoms with Crippen molar-refractivity contribution in [2.24, 2.45) is 7.05 Å². The highest BCUT2D eigenvalue weighted by atomic mass is 16.5. The number of hydrogen-bond acceptors (Lipinski definition) is 5. The number of imidazole rings is 1. The molecule has 6 nitrogen and oxygen atoms in total. The van der Waals surface area contributed by atoms with Gasteiger partial charge in [-0.2, -0.15) is 0 Å². The predicted octanol–water partition coefficient (Wildman–Crippen LogP) is 2.32. The molecule has 0 aliphatic rings. The first-order chi connectivity index (χ1) is 10.1. The SMILES string of the molecule is CCOc1ccc(N)nc1-c1nc2cc(C)cnc2n1C. The maximum absolute atomic E-state index is 5.81. The fraction of sp³-hybridized carbons (Fsp3) is 0.267. The van der Waals surface area contributed by atoms with Gasteiger partial charge in [-0.05, 0) is 37.6 Å². The van der Waals surface area contributed by atoms with E-state index in [0.29, 0.717) is 29.7 Å². The molecular formula is C15H17N5O. The van der Waals surface area contributed by atoms with Crippen molar-refractivity contribution in [2.45, 2.75) is 13.8 Å². The summed E-state index contributed by atoms with van der Waals surface area (Å²) in [4.78, 5) is 13.4. The minimum Gasteiger partial charge on any atom is -0.491 e. The van der Waals surface area contributed by atoms with Crippen molar-refractivity contribution >= 4 is 17.0 Å². The smallest absolute Gasteiger partial charge is 0.164 e. The summed E-state index contributed by atoms with van der Waals surface area (Å²) in [6, 6.07) is 5.54. The molecule has 0 bridgehead atoms. The Kier molecular flexibility index (Phi) is 3.21. The molecule has 0 unspecified atom stereocenters. The lowest BCUT2D eigenvalue weighted by atomic mass is 10.3. The van der Waals surface area contributed by atoms with Gasteiger partial charge < -0.3 is 15.0 Å². The van der Waals surface area contributed by atoms with Crippen molar-refractivity contribution < 1.29 is 4.74 Å². The molecule has 0 atom stereocenters. The van der Waals surface area contributed by atoms with Gasteiger partial charge in [-0.1, -0.05) is 0 Å². The van der Waals surface area contributed by atoms with Crippen LogP contribution in [0, 0.1) is 6.92 Å². The number of nitrogens with zero attached hydrogens (tertiary/aromatic N) is 4. The number of ether oxygens (including phenoxy) is 1. The van der Waals surface area contributed by atoms with Crippen LogP contribution in [0.2, 0.25) is 0 Å². The van der Waals surface area contributed by atoms with Crippen LogP contribution < -0.4 is 10.5 Å². The van der Waals surface area contributed by atoms with Crippen LogP contribution in [0.3, 0.4) is 0 Å². The summed E-state index contributed by atoms with van der Waals surface area (Å²) >= 11 is 0. The second-order valence-corrected chi connectivity index (χ2v) is 4.87. The van der Waals surface area contributed by atoms with Gasteiger partial charge in [0.1, 0.15) is 17.1 Å². The van der Waals surface area contributed by atoms with Crippen LogP contribution in [0.1, 0.15) is 12.5 Å². The Hall–Kier alpha value is -2.63. The summed E-state index contributed by atoms with van der Waals surface area (Å²) < 4.78 is 7.53. The fourth-order valence-electron chi connectivity index (χ4n) is 2.28. The number of pyridine rings is 2. The van der Waals surface area contributed by atoms with E-state index in [2.05, 4.69) is 15.0 Å². The van der Waals surface area contributed by atoms with Gasteiger partial charge in [0.2, 0.25) is 0 Å². The van der Waals surface area contributed by atoms with Gasteiger partial charge in [0.05, 0.1) is 6.61 Å². The normalized spacial score (nSPS) is 11.0. The average Bonchev–Trinajstić information content (AvgIpc) is 2.77. The summed E-state index contributed by atoms with van der Waals surface area (Å²) in [6.07, 6.45) is 1.82. The van der Waals surface area contributed by atoms with E-state index in [-0.39, 0.29) is 0 Å². The molecule has 0 saturated carbocycles. The van der Waals surface area contributed by atoms with E-state index in [1.807, 2.05) is 43.8 Å². The Morgan fingerprint density at radius 3 is 2.86 bits per heavy atom. The van der Waals surface area contributed by atoms with Crippen molar-refractivity contribution in [3.8, 4) is 17.3 Å². The lowest BCUT2D eigenvalue weighted by Gasteiger charge is -2.09. The Morgan fingerprint density at radius 2 is 2.10 bits per heavy atom. The number of hydrogen-bond donors (Lipinski definition) is 1. The highest BCUT2D eigenvalue weighted by Crippen LogP contribution is 2.30. The van der Waals surface area contributed by atoms with Crippen LogP contribution in [-0.4, -0.2) is 26.1 Å². The Labute approximate surface area is 122 Å². The fourth-order valence-corrected chi connectivity index (χ4v) is 2.28. The van der Waals surface area contributed by atoms with E-state index in [9.17, 15) is 0 Å². The zero-order chi connectivity index (χ0) is 15.0. The lowest BCUT2D eigenvalue weighted by Crippen LogP contribution is -2.02. The van der Waals surface area contributed by atoms with Gasteiger partial charge in [-0.15, -0.1) is 0 Å². The number of anilines is 1. The van der Waals surface area contributed by atoms with Crippen LogP contribution in [-0.2, 0) is 7.05 Å². The minimum absolute atomic E-state index is 0.435. The van der Waals surface area contributed by atoms with Gasteiger partial charge in [0, 0.05) is 13.2 Å². The van der Waals surface area contributed by atoms with Crippen molar-refractivity contribution in [3.63, 3.8) is 0 Å². The second kappa shape index (κ2) is 5.05. The summed E-state index contributed by atoms with van der Waals surface area (Å²) in [5.74, 6) is 1.80. The Morgan fingerprint density at radius 1 is 1.29 bits per heavy atom. The highest BCUT2D eigenvalue weighted by Gasteiger charge is 2.17. The molecular weight excluding hydrogens is 266 g/mol. The third-order valence-electron chi connectivity index (χ3n) is 3.24. The van der Waals surface area contributed by atoms with E-state index < -0.39 is 0 Å². The van der Waals surface area contributed by atoms with Crippen LogP contribution in [0.25, 0.3) is 22.7 Å². The van der Waals surface area contributed by atoms with Gasteiger partial charge in [-0.3, -0.25) is 0 Å². The van der Waals surface area contributed by atoms with E-state index in [4.69, 9.17) is 10.5 Å². The number of rotatable bonds is 3. The molecule has 3 aromatic rings. The molecule has 0 aromatic carbocycles. The molecule has 0 amide bonds. The molecule has 0 aliphatic carbocycles. The third kappa shape index (κ3) is 2.29. The first kappa shape index (κ1) is 13.4. The monoisotopic (exact) mass is 283 g/mol. The van der Waals surface area contributed by atoms with Gasteiger partial charge >= 0.3 is 0 Å². The topological polar surface area (TPSA) is 78.8 Å². The standard InChI is InChI=1S/C15H17N5O/c1-4-21-11-5-6-12(16)19-13(11)15-18-10-7-9(2)8-17-14(10)20(15)3/h5-8H,4H2,1-3H3,(H2,16,19). The summed E-state index contributed by atoms with van der Waals surface area (Å²) in [7, 11) is 1.91. The van der Waals surface area contributed by atoms with Gasteiger partial charge in [0.25, 0.3) is 0 Å². The largest absolute Gasteiger partial charge is 0.491 e. The molecule has 6 heteroatoms. The minimum atomic E-state index is 0.435. The quantitative estimate of drug-likeness (QED) is 0.798. The highest BCUT2D eigenvalue weighted by molar-refractivity contribution is 5.78. The summed E-state index contributed by atoms with van der Waals surface area (Å²) in [6.45, 7) is 4.48. The molecule has 21 heavy (non-hydrogen) atoms. The van der Waals surface area contributed by atoms with Gasteiger partial charge in [-0.25, -0.2) is 15.0 Å². The van der Waals surface area contributed by atoms with Crippen LogP contribution in [0.4, 0.5) is 5.82 Å². The second-order valence-electron chi connectivity index (χ2n) is 4.87. The average molecular weight is 283 g/mol. The van der Waals surface area contributed by atoms with Crippen LogP contribution >= 0.6 is 0 Å². The van der Waals surface area contributed by atoms with E-state index in [0.717, 1.165) is 16.7 Å². The molecule has 3 heterocycles. The summed E-state index contributed by atoms with van der Waals surface area (Å²) in [5, 5.41) is 0. The van der Waals surface area contributed by atoms with Crippen molar-refractivity contribution in [3.05, 3.63) is 30.0 Å². The van der Waals surface area contributed by atoms with E-state index >= 15 is 0 Å². The van der Waals surface area contributed by atoms with Crippen molar-refractivity contribution in [1.82, 2.24) is 19.5 Å². The zero-order valence-corrected chi connectivity index (χ0v) is 12.3. The number of fused-ring (bicyclic) bond motifs is 1. The molecule has 0 fully saturated rings. The predicted molar refractivity (Wildman–Crippen MR) is 82.1 cm³/mol. The molecule has 0 spiro atoms. The Bertz CT molecular complexity index is 809. The number of nitrogens with two attached hydrogens (primary N) is 1. The third-order valence-corrected chi connectivity index (χ3v) is 3.24. The molecule has 3 aromatic heterocycles. The molecule has 3 rings (SSSR count). The molecule has 0 aliphatic heterocycles. The maximum Gasteiger partial charge on any atom is 0.164 e. The van der Waals surface area contributed by atoms with Crippen LogP contribution in [0.5, 0.6) is 5.75 Å². The first-order valence-electron chi connectivity index (χ1n) is 6.79. The lowest BCUT2D eigenvalue weighted by molar-refractivity contribution is 0.340. The zero-order valence-electron chi connectivity index (χ0n) is 12.3. The number of aryl methyl sites for hydroxylation is 2. The first-order valence-corrected chi connectivity index (χ1v) is 6.79. The molecule has 2 N–H and O–H groups in total. The summed E-state index contributed by atoms with van der Waals surface area (Å²) in [5.41, 5.74) is 9.15. The van der Waals surface area contributed by atoms with E-state index in [1.54, 1.807) is 6.07 Å². The van der Waals surface area contributed by atoms with Gasteiger partial charge in [0.15, 0.2) is 17.2 Å². The number of nitrogen functional groups attached to an aromatic ring is 1. The van der Waals surface area contributed by atoms with E-state index in [1.165, 1.54) is 0 Å². The maximum atomic E-state index is 5.81. The van der Waals surface area contributed by atoms with Crippen molar-refractivity contribution in [1.29, 1.82) is 0 Å². The van der Waals surface area contributed by atoms with Crippen LogP contribution in [0.15, 0.2) is 24.4 Å². The molecule has 0 radical (unpaired) electrons. The molecule has 108 valence electrons. The van der Waals surface area contributed by atoms with Crippen molar-refractivity contribution in [2.75, 3.05) is 12.3 Å². The molecule has 0 saturated heterocycles. The number of aromatic nitrogens is 4.